The highest BCUT2D eigenvalue weighted by Crippen LogP contribution is 2.01. The minimum Gasteiger partial charge on any atom is -0.409 e. The van der Waals surface area contributed by atoms with Crippen LogP contribution in [0.15, 0.2) is 29.7 Å². The van der Waals surface area contributed by atoms with Gasteiger partial charge in [-0.15, -0.1) is 0 Å². The molecule has 1 aromatic heterocycles. The molecule has 0 aliphatic heterocycles. The quantitative estimate of drug-likeness (QED) is 0.322. The average molecular weight is 208 g/mol. The van der Waals surface area contributed by atoms with Crippen LogP contribution in [0, 0.1) is 0 Å². The number of nitrogens with two attached hydrogens (primary N) is 1. The first kappa shape index (κ1) is 11.5. The summed E-state index contributed by atoms with van der Waals surface area (Å²) in [4.78, 5) is 6.05. The zero-order valence-electron chi connectivity index (χ0n) is 8.80. The fourth-order valence-corrected chi connectivity index (χ4v) is 1.23. The van der Waals surface area contributed by atoms with Gasteiger partial charge in [0.2, 0.25) is 0 Å². The van der Waals surface area contributed by atoms with Gasteiger partial charge in [0.05, 0.1) is 0 Å². The molecule has 5 nitrogen and oxygen atoms in total. The van der Waals surface area contributed by atoms with Crippen molar-refractivity contribution in [2.75, 3.05) is 13.6 Å². The van der Waals surface area contributed by atoms with Gasteiger partial charge in [0.15, 0.2) is 0 Å². The van der Waals surface area contributed by atoms with E-state index >= 15 is 0 Å². The van der Waals surface area contributed by atoms with E-state index in [0.29, 0.717) is 6.42 Å². The molecule has 0 aliphatic carbocycles. The smallest absolute Gasteiger partial charge is 0.140 e. The average Bonchev–Trinajstić information content (AvgIpc) is 2.27. The highest BCUT2D eigenvalue weighted by molar-refractivity contribution is 5.79. The number of rotatable bonds is 5. The lowest BCUT2D eigenvalue weighted by atomic mass is 10.2. The van der Waals surface area contributed by atoms with E-state index in [-0.39, 0.29) is 5.84 Å². The van der Waals surface area contributed by atoms with Crippen LogP contribution >= 0.6 is 0 Å². The summed E-state index contributed by atoms with van der Waals surface area (Å²) in [6.45, 7) is 1.60. The van der Waals surface area contributed by atoms with Crippen LogP contribution in [0.25, 0.3) is 0 Å². The second kappa shape index (κ2) is 5.98. The Labute approximate surface area is 89.2 Å². The number of hydrogen-bond donors (Lipinski definition) is 2. The number of oxime groups is 1. The number of hydrogen-bond acceptors (Lipinski definition) is 4. The van der Waals surface area contributed by atoms with E-state index in [1.807, 2.05) is 19.2 Å². The predicted octanol–water partition coefficient (Wildman–Crippen LogP) is 0.650. The van der Waals surface area contributed by atoms with Gasteiger partial charge in [0.1, 0.15) is 5.84 Å². The highest BCUT2D eigenvalue weighted by atomic mass is 16.4. The molecule has 82 valence electrons. The zero-order valence-corrected chi connectivity index (χ0v) is 8.80. The Balaban J connectivity index is 2.33. The molecular formula is C10H16N4O. The van der Waals surface area contributed by atoms with Crippen LogP contribution in [0.5, 0.6) is 0 Å². The summed E-state index contributed by atoms with van der Waals surface area (Å²) in [6.07, 6.45) is 4.11. The third-order valence-corrected chi connectivity index (χ3v) is 2.08. The van der Waals surface area contributed by atoms with Crippen molar-refractivity contribution < 1.29 is 5.21 Å². The second-order valence-corrected chi connectivity index (χ2v) is 3.43. The van der Waals surface area contributed by atoms with Gasteiger partial charge in [-0.3, -0.25) is 4.98 Å². The van der Waals surface area contributed by atoms with E-state index < -0.39 is 0 Å². The van der Waals surface area contributed by atoms with E-state index in [0.717, 1.165) is 13.1 Å². The lowest BCUT2D eigenvalue weighted by Gasteiger charge is -2.15. The van der Waals surface area contributed by atoms with E-state index in [1.54, 1.807) is 12.4 Å². The zero-order chi connectivity index (χ0) is 11.1. The van der Waals surface area contributed by atoms with Gasteiger partial charge in [-0.05, 0) is 24.7 Å². The van der Waals surface area contributed by atoms with Crippen LogP contribution in [0.1, 0.15) is 12.0 Å². The van der Waals surface area contributed by atoms with Gasteiger partial charge < -0.3 is 15.8 Å². The van der Waals surface area contributed by atoms with Crippen molar-refractivity contribution >= 4 is 5.84 Å². The van der Waals surface area contributed by atoms with Gasteiger partial charge >= 0.3 is 0 Å². The van der Waals surface area contributed by atoms with Crippen molar-refractivity contribution in [3.8, 4) is 0 Å². The van der Waals surface area contributed by atoms with E-state index in [4.69, 9.17) is 10.9 Å². The Morgan fingerprint density at radius 1 is 1.53 bits per heavy atom. The minimum atomic E-state index is 0.261. The highest BCUT2D eigenvalue weighted by Gasteiger charge is 2.01. The Hall–Kier alpha value is -1.62. The van der Waals surface area contributed by atoms with Gasteiger partial charge in [-0.1, -0.05) is 5.16 Å². The van der Waals surface area contributed by atoms with Crippen LogP contribution in [-0.2, 0) is 6.54 Å². The first-order valence-electron chi connectivity index (χ1n) is 4.76. The lowest BCUT2D eigenvalue weighted by molar-refractivity contribution is 0.309. The molecule has 0 amide bonds. The molecule has 0 radical (unpaired) electrons. The van der Waals surface area contributed by atoms with E-state index in [2.05, 4.69) is 15.0 Å². The number of amidine groups is 1. The molecule has 1 aromatic rings. The summed E-state index contributed by atoms with van der Waals surface area (Å²) in [5.74, 6) is 0.261. The molecule has 5 heteroatoms. The van der Waals surface area contributed by atoms with Crippen LogP contribution < -0.4 is 5.73 Å². The number of pyridine rings is 1. The Morgan fingerprint density at radius 3 is 2.80 bits per heavy atom. The summed E-state index contributed by atoms with van der Waals surface area (Å²) in [7, 11) is 1.99. The summed E-state index contributed by atoms with van der Waals surface area (Å²) in [6, 6.07) is 3.94. The standard InChI is InChI=1S/C10H16N4O/c1-14(7-4-10(11)13-15)8-9-2-5-12-6-3-9/h2-3,5-6,15H,4,7-8H2,1H3,(H2,11,13). The molecule has 0 aromatic carbocycles. The Bertz CT molecular complexity index is 312. The molecule has 0 aliphatic rings. The van der Waals surface area contributed by atoms with Crippen molar-refractivity contribution in [1.29, 1.82) is 0 Å². The molecule has 1 heterocycles. The maximum atomic E-state index is 8.37. The van der Waals surface area contributed by atoms with Crippen molar-refractivity contribution in [3.63, 3.8) is 0 Å². The third-order valence-electron chi connectivity index (χ3n) is 2.08. The maximum Gasteiger partial charge on any atom is 0.140 e. The number of nitrogens with zero attached hydrogens (tertiary/aromatic N) is 3. The molecule has 15 heavy (non-hydrogen) atoms. The van der Waals surface area contributed by atoms with E-state index in [1.165, 1.54) is 5.56 Å². The molecule has 1 rings (SSSR count). The van der Waals surface area contributed by atoms with Crippen LogP contribution in [0.4, 0.5) is 0 Å². The summed E-state index contributed by atoms with van der Waals surface area (Å²) in [5.41, 5.74) is 6.58. The van der Waals surface area contributed by atoms with E-state index in [9.17, 15) is 0 Å². The van der Waals surface area contributed by atoms with Crippen LogP contribution in [0.3, 0.4) is 0 Å². The molecule has 0 fully saturated rings. The van der Waals surface area contributed by atoms with Gasteiger partial charge in [-0.25, -0.2) is 0 Å². The minimum absolute atomic E-state index is 0.261. The summed E-state index contributed by atoms with van der Waals surface area (Å²) in [5, 5.41) is 11.3. The van der Waals surface area contributed by atoms with Crippen LogP contribution in [-0.4, -0.2) is 34.5 Å². The Morgan fingerprint density at radius 2 is 2.20 bits per heavy atom. The molecule has 0 saturated heterocycles. The molecule has 0 atom stereocenters. The SMILES string of the molecule is CN(CC/C(N)=N/O)Cc1ccncc1. The van der Waals surface area contributed by atoms with Gasteiger partial charge in [0, 0.05) is 31.9 Å². The van der Waals surface area contributed by atoms with Gasteiger partial charge in [0.25, 0.3) is 0 Å². The topological polar surface area (TPSA) is 74.7 Å². The fraction of sp³-hybridized carbons (Fsp3) is 0.400. The first-order valence-corrected chi connectivity index (χ1v) is 4.76. The largest absolute Gasteiger partial charge is 0.409 e. The van der Waals surface area contributed by atoms with Crippen molar-refractivity contribution in [2.24, 2.45) is 10.9 Å². The van der Waals surface area contributed by atoms with Crippen molar-refractivity contribution in [3.05, 3.63) is 30.1 Å². The molecule has 0 bridgehead atoms. The third kappa shape index (κ3) is 4.42. The molecule has 0 spiro atoms. The Kier molecular flexibility index (Phi) is 4.56. The fourth-order valence-electron chi connectivity index (χ4n) is 1.23. The first-order chi connectivity index (χ1) is 7.22. The van der Waals surface area contributed by atoms with Crippen molar-refractivity contribution in [1.82, 2.24) is 9.88 Å². The molecule has 3 N–H and O–H groups in total. The lowest BCUT2D eigenvalue weighted by Crippen LogP contribution is -2.24. The second-order valence-electron chi connectivity index (χ2n) is 3.43. The maximum absolute atomic E-state index is 8.37. The monoisotopic (exact) mass is 208 g/mol. The predicted molar refractivity (Wildman–Crippen MR) is 58.6 cm³/mol. The summed E-state index contributed by atoms with van der Waals surface area (Å²) < 4.78 is 0. The molecular weight excluding hydrogens is 192 g/mol. The normalized spacial score (nSPS) is 12.0. The van der Waals surface area contributed by atoms with Gasteiger partial charge in [-0.2, -0.15) is 0 Å². The summed E-state index contributed by atoms with van der Waals surface area (Å²) >= 11 is 0. The van der Waals surface area contributed by atoms with Crippen molar-refractivity contribution in [2.45, 2.75) is 13.0 Å². The van der Waals surface area contributed by atoms with Crippen LogP contribution in [0.2, 0.25) is 0 Å². The number of aromatic nitrogens is 1. The molecule has 0 unspecified atom stereocenters. The molecule has 0 saturated carbocycles.